The topological polar surface area (TPSA) is 95.9 Å². The third-order valence-corrected chi connectivity index (χ3v) is 9.29. The van der Waals surface area contributed by atoms with Gasteiger partial charge in [-0.1, -0.05) is 182 Å². The summed E-state index contributed by atoms with van der Waals surface area (Å²) in [6.07, 6.45) is 54.7. The van der Waals surface area contributed by atoms with Crippen LogP contribution in [0, 0.1) is 0 Å². The van der Waals surface area contributed by atoms with Crippen molar-refractivity contribution < 1.29 is 24.5 Å². The highest BCUT2D eigenvalue weighted by Crippen LogP contribution is 2.16. The van der Waals surface area contributed by atoms with Gasteiger partial charge in [-0.05, 0) is 77.0 Å². The van der Waals surface area contributed by atoms with Gasteiger partial charge in [0, 0.05) is 6.42 Å². The van der Waals surface area contributed by atoms with Gasteiger partial charge in [0.15, 0.2) is 0 Å². The molecular formula is C49H81NO5. The van der Waals surface area contributed by atoms with E-state index in [-0.39, 0.29) is 24.9 Å². The van der Waals surface area contributed by atoms with Crippen LogP contribution in [0.3, 0.4) is 0 Å². The Morgan fingerprint density at radius 2 is 1.07 bits per heavy atom. The van der Waals surface area contributed by atoms with Gasteiger partial charge < -0.3 is 20.3 Å². The third-order valence-electron chi connectivity index (χ3n) is 9.29. The fourth-order valence-corrected chi connectivity index (χ4v) is 5.99. The number of aliphatic hydroxyl groups is 2. The van der Waals surface area contributed by atoms with E-state index in [1.165, 1.54) is 38.5 Å². The SMILES string of the molecule is CC/C=C/C=C/C=C\C=C/C=C/CCCCCC(=O)OC(CCCC/C=C/C/C=C/C/C=C/CC)CC(=O)NC(CO)C(O)CCCCCCCCCCC. The summed E-state index contributed by atoms with van der Waals surface area (Å²) in [6.45, 7) is 6.15. The Morgan fingerprint density at radius 3 is 1.71 bits per heavy atom. The summed E-state index contributed by atoms with van der Waals surface area (Å²) in [6, 6.07) is -0.726. The second-order valence-corrected chi connectivity index (χ2v) is 14.5. The Morgan fingerprint density at radius 1 is 0.564 bits per heavy atom. The van der Waals surface area contributed by atoms with Crippen LogP contribution in [0.5, 0.6) is 0 Å². The van der Waals surface area contributed by atoms with E-state index < -0.39 is 18.2 Å². The largest absolute Gasteiger partial charge is 0.462 e. The number of carbonyl (C=O) groups is 2. The molecule has 0 aliphatic carbocycles. The molecule has 0 aromatic rings. The maximum atomic E-state index is 13.1. The molecular weight excluding hydrogens is 683 g/mol. The Labute approximate surface area is 337 Å². The Bertz CT molecular complexity index is 1130. The quantitative estimate of drug-likeness (QED) is 0.0253. The van der Waals surface area contributed by atoms with Gasteiger partial charge in [0.1, 0.15) is 6.10 Å². The number of aliphatic hydroxyl groups excluding tert-OH is 2. The molecule has 0 saturated heterocycles. The zero-order chi connectivity index (χ0) is 40.3. The van der Waals surface area contributed by atoms with Crippen LogP contribution in [0.1, 0.15) is 175 Å². The van der Waals surface area contributed by atoms with Crippen LogP contribution in [0.25, 0.3) is 0 Å². The van der Waals surface area contributed by atoms with Crippen LogP contribution >= 0.6 is 0 Å². The van der Waals surface area contributed by atoms with Crippen molar-refractivity contribution in [3.8, 4) is 0 Å². The van der Waals surface area contributed by atoms with Gasteiger partial charge in [-0.25, -0.2) is 0 Å². The minimum absolute atomic E-state index is 0.0276. The Balaban J connectivity index is 4.78. The highest BCUT2D eigenvalue weighted by atomic mass is 16.5. The highest BCUT2D eigenvalue weighted by molar-refractivity contribution is 5.77. The van der Waals surface area contributed by atoms with Crippen molar-refractivity contribution in [2.24, 2.45) is 0 Å². The molecule has 0 aliphatic heterocycles. The van der Waals surface area contributed by atoms with Crippen molar-refractivity contribution in [2.75, 3.05) is 6.61 Å². The number of hydrogen-bond donors (Lipinski definition) is 3. The first-order chi connectivity index (χ1) is 27.0. The zero-order valence-corrected chi connectivity index (χ0v) is 35.3. The first-order valence-corrected chi connectivity index (χ1v) is 22.0. The zero-order valence-electron chi connectivity index (χ0n) is 35.3. The van der Waals surface area contributed by atoms with Crippen LogP contribution < -0.4 is 5.32 Å². The summed E-state index contributed by atoms with van der Waals surface area (Å²) in [7, 11) is 0. The first kappa shape index (κ1) is 51.8. The number of hydrogen-bond acceptors (Lipinski definition) is 5. The molecule has 1 amide bonds. The number of nitrogens with one attached hydrogen (secondary N) is 1. The summed E-state index contributed by atoms with van der Waals surface area (Å²) < 4.78 is 5.85. The minimum Gasteiger partial charge on any atom is -0.462 e. The van der Waals surface area contributed by atoms with Crippen molar-refractivity contribution in [3.05, 3.63) is 97.2 Å². The van der Waals surface area contributed by atoms with E-state index >= 15 is 0 Å². The number of allylic oxidation sites excluding steroid dienone is 16. The lowest BCUT2D eigenvalue weighted by molar-refractivity contribution is -0.151. The first-order valence-electron chi connectivity index (χ1n) is 22.0. The fourth-order valence-electron chi connectivity index (χ4n) is 5.99. The molecule has 6 heteroatoms. The summed E-state index contributed by atoms with van der Waals surface area (Å²) in [5.41, 5.74) is 0. The summed E-state index contributed by atoms with van der Waals surface area (Å²) in [4.78, 5) is 25.9. The predicted molar refractivity (Wildman–Crippen MR) is 236 cm³/mol. The van der Waals surface area contributed by atoms with Crippen LogP contribution in [-0.2, 0) is 14.3 Å². The van der Waals surface area contributed by atoms with Crippen molar-refractivity contribution in [1.82, 2.24) is 5.32 Å². The molecule has 0 bridgehead atoms. The molecule has 0 rings (SSSR count). The van der Waals surface area contributed by atoms with Crippen molar-refractivity contribution in [2.45, 2.75) is 193 Å². The van der Waals surface area contributed by atoms with Gasteiger partial charge >= 0.3 is 5.97 Å². The van der Waals surface area contributed by atoms with Crippen molar-refractivity contribution >= 4 is 11.9 Å². The average molecular weight is 764 g/mol. The van der Waals surface area contributed by atoms with Gasteiger partial charge in [-0.3, -0.25) is 9.59 Å². The normalized spacial score (nSPS) is 14.3. The lowest BCUT2D eigenvalue weighted by Crippen LogP contribution is -2.46. The molecule has 0 saturated carbocycles. The monoisotopic (exact) mass is 764 g/mol. The number of ether oxygens (including phenoxy) is 1. The van der Waals surface area contributed by atoms with Gasteiger partial charge in [0.25, 0.3) is 0 Å². The highest BCUT2D eigenvalue weighted by Gasteiger charge is 2.24. The van der Waals surface area contributed by atoms with Gasteiger partial charge in [-0.15, -0.1) is 0 Å². The molecule has 3 unspecified atom stereocenters. The molecule has 3 N–H and O–H groups in total. The van der Waals surface area contributed by atoms with Crippen LogP contribution in [0.2, 0.25) is 0 Å². The number of esters is 1. The summed E-state index contributed by atoms with van der Waals surface area (Å²) >= 11 is 0. The number of carbonyl (C=O) groups excluding carboxylic acids is 2. The van der Waals surface area contributed by atoms with Crippen molar-refractivity contribution in [1.29, 1.82) is 0 Å². The Kier molecular flexibility index (Phi) is 39.5. The predicted octanol–water partition coefficient (Wildman–Crippen LogP) is 12.6. The lowest BCUT2D eigenvalue weighted by Gasteiger charge is -2.24. The van der Waals surface area contributed by atoms with E-state index in [0.717, 1.165) is 89.9 Å². The molecule has 0 aromatic carbocycles. The summed E-state index contributed by atoms with van der Waals surface area (Å²) in [5.74, 6) is -0.577. The average Bonchev–Trinajstić information content (AvgIpc) is 3.18. The molecule has 0 heterocycles. The van der Waals surface area contributed by atoms with E-state index in [1.807, 2.05) is 48.6 Å². The maximum Gasteiger partial charge on any atom is 0.306 e. The van der Waals surface area contributed by atoms with Crippen LogP contribution in [0.15, 0.2) is 97.2 Å². The van der Waals surface area contributed by atoms with Crippen LogP contribution in [-0.4, -0.2) is 46.9 Å². The lowest BCUT2D eigenvalue weighted by atomic mass is 10.0. The number of amides is 1. The molecule has 0 aromatic heterocycles. The standard InChI is InChI=1S/C49H81NO5/c1-4-7-10-13-16-19-21-23-24-25-27-30-33-36-39-42-49(54)55-45(40-37-34-31-29-26-22-20-17-14-11-8-5-2)43-48(53)50-46(44-51)47(52)41-38-35-32-28-18-15-12-9-6-3/h7-8,10-11,13,16-17,19-21,23-27,29,45-47,51-52H,4-6,9,12,14-15,18,22,28,30-44H2,1-3H3,(H,50,53)/b10-7+,11-8+,16-13+,20-17+,21-19-,24-23-,27-25+,29-26+. The van der Waals surface area contributed by atoms with Crippen LogP contribution in [0.4, 0.5) is 0 Å². The van der Waals surface area contributed by atoms with E-state index in [0.29, 0.717) is 19.3 Å². The van der Waals surface area contributed by atoms with Gasteiger partial charge in [-0.2, -0.15) is 0 Å². The molecule has 3 atom stereocenters. The molecule has 0 spiro atoms. The van der Waals surface area contributed by atoms with Gasteiger partial charge in [0.05, 0.1) is 25.2 Å². The maximum absolute atomic E-state index is 13.1. The number of unbranched alkanes of at least 4 members (excludes halogenated alkanes) is 13. The minimum atomic E-state index is -0.808. The molecule has 312 valence electrons. The fraction of sp³-hybridized carbons (Fsp3) is 0.633. The molecule has 55 heavy (non-hydrogen) atoms. The second-order valence-electron chi connectivity index (χ2n) is 14.5. The molecule has 0 fully saturated rings. The summed E-state index contributed by atoms with van der Waals surface area (Å²) in [5, 5.41) is 23.5. The van der Waals surface area contributed by atoms with Crippen molar-refractivity contribution in [3.63, 3.8) is 0 Å². The van der Waals surface area contributed by atoms with E-state index in [2.05, 4.69) is 74.7 Å². The third kappa shape index (κ3) is 37.5. The van der Waals surface area contributed by atoms with E-state index in [4.69, 9.17) is 4.74 Å². The second kappa shape index (κ2) is 41.9. The molecule has 0 aliphatic rings. The smallest absolute Gasteiger partial charge is 0.306 e. The molecule has 0 radical (unpaired) electrons. The number of rotatable bonds is 37. The van der Waals surface area contributed by atoms with E-state index in [1.54, 1.807) is 0 Å². The van der Waals surface area contributed by atoms with Gasteiger partial charge in [0.2, 0.25) is 5.91 Å². The van der Waals surface area contributed by atoms with E-state index in [9.17, 15) is 19.8 Å². The molecule has 6 nitrogen and oxygen atoms in total. The Hall–Kier alpha value is -3.22.